The van der Waals surface area contributed by atoms with Gasteiger partial charge in [-0.3, -0.25) is 4.90 Å². The molecule has 3 nitrogen and oxygen atoms in total. The van der Waals surface area contributed by atoms with Gasteiger partial charge in [0.2, 0.25) is 0 Å². The molecule has 0 bridgehead atoms. The number of nitrogens with one attached hydrogen (secondary N) is 2. The van der Waals surface area contributed by atoms with Crippen molar-refractivity contribution in [1.82, 2.24) is 15.5 Å². The lowest BCUT2D eigenvalue weighted by molar-refractivity contribution is 0.229. The van der Waals surface area contributed by atoms with Crippen LogP contribution >= 0.6 is 49.7 Å². The van der Waals surface area contributed by atoms with Crippen molar-refractivity contribution in [3.05, 3.63) is 0 Å². The van der Waals surface area contributed by atoms with Gasteiger partial charge in [0.1, 0.15) is 8.64 Å². The molecular weight excluding hydrogens is 266 g/mol. The van der Waals surface area contributed by atoms with Crippen LogP contribution in [0.3, 0.4) is 0 Å². The lowest BCUT2D eigenvalue weighted by Gasteiger charge is -2.28. The van der Waals surface area contributed by atoms with E-state index in [9.17, 15) is 0 Å². The maximum atomic E-state index is 4.93. The summed E-state index contributed by atoms with van der Waals surface area (Å²) in [5.41, 5.74) is 0. The molecule has 0 aromatic rings. The molecule has 1 fully saturated rings. The van der Waals surface area contributed by atoms with Gasteiger partial charge in [-0.05, 0) is 12.8 Å². The molecule has 0 radical (unpaired) electrons. The normalized spacial score (nSPS) is 18.5. The Labute approximate surface area is 112 Å². The first-order chi connectivity index (χ1) is 7.09. The minimum atomic E-state index is 0.155. The first-order valence-electron chi connectivity index (χ1n) is 4.80. The summed E-state index contributed by atoms with van der Waals surface area (Å²) < 4.78 is 1.02. The second-order valence-electron chi connectivity index (χ2n) is 3.39. The van der Waals surface area contributed by atoms with E-state index in [0.29, 0.717) is 15.2 Å². The molecule has 7 heteroatoms. The van der Waals surface area contributed by atoms with Gasteiger partial charge < -0.3 is 10.6 Å². The average Bonchev–Trinajstić information content (AvgIpc) is 2.63. The van der Waals surface area contributed by atoms with Crippen LogP contribution in [-0.4, -0.2) is 39.3 Å². The van der Waals surface area contributed by atoms with Crippen molar-refractivity contribution in [1.29, 1.82) is 0 Å². The van der Waals surface area contributed by atoms with Gasteiger partial charge in [-0.25, -0.2) is 0 Å². The zero-order valence-corrected chi connectivity index (χ0v) is 11.7. The van der Waals surface area contributed by atoms with E-state index in [-0.39, 0.29) is 6.17 Å². The van der Waals surface area contributed by atoms with Gasteiger partial charge in [0.15, 0.2) is 0 Å². The maximum Gasteiger partial charge on any atom is 0.131 e. The maximum absolute atomic E-state index is 4.93. The fourth-order valence-corrected chi connectivity index (χ4v) is 2.11. The highest BCUT2D eigenvalue weighted by Gasteiger charge is 2.21. The Morgan fingerprint density at radius 3 is 2.27 bits per heavy atom. The largest absolute Gasteiger partial charge is 0.368 e. The molecule has 1 aliphatic rings. The third-order valence-electron chi connectivity index (χ3n) is 2.32. The summed E-state index contributed by atoms with van der Waals surface area (Å²) in [7, 11) is 0. The summed E-state index contributed by atoms with van der Waals surface area (Å²) in [5.74, 6) is 0. The Morgan fingerprint density at radius 1 is 1.20 bits per heavy atom. The molecule has 86 valence electrons. The van der Waals surface area contributed by atoms with Crippen LogP contribution in [0, 0.1) is 0 Å². The van der Waals surface area contributed by atoms with E-state index in [0.717, 1.165) is 13.1 Å². The molecule has 0 aromatic heterocycles. The van der Waals surface area contributed by atoms with E-state index < -0.39 is 0 Å². The summed E-state index contributed by atoms with van der Waals surface area (Å²) in [4.78, 5) is 2.33. The molecule has 0 spiro atoms. The standard InChI is InChI=1S/C8H15N3S4/c12-7(13)9-5-6(10-8(14)15)11-3-1-2-4-11/h6H,1-5H2,(H2,9,12,13)(H2,10,14,15). The minimum absolute atomic E-state index is 0.155. The lowest BCUT2D eigenvalue weighted by Crippen LogP contribution is -2.51. The predicted octanol–water partition coefficient (Wildman–Crippen LogP) is 1.02. The SMILES string of the molecule is S=C(S)NCC(NC(=S)S)N1CCCC1. The van der Waals surface area contributed by atoms with Crippen molar-refractivity contribution >= 4 is 58.3 Å². The highest BCUT2D eigenvalue weighted by Crippen LogP contribution is 2.10. The number of hydrogen-bond acceptors (Lipinski definition) is 3. The van der Waals surface area contributed by atoms with Crippen LogP contribution in [0.5, 0.6) is 0 Å². The van der Waals surface area contributed by atoms with Gasteiger partial charge in [0.25, 0.3) is 0 Å². The molecule has 0 saturated carbocycles. The molecular formula is C8H15N3S4. The minimum Gasteiger partial charge on any atom is -0.368 e. The number of nitrogens with zero attached hydrogens (tertiary/aromatic N) is 1. The van der Waals surface area contributed by atoms with Crippen LogP contribution in [-0.2, 0) is 0 Å². The quantitative estimate of drug-likeness (QED) is 0.456. The molecule has 0 amide bonds. The number of thiocarbonyl (C=S) groups is 2. The van der Waals surface area contributed by atoms with Gasteiger partial charge >= 0.3 is 0 Å². The van der Waals surface area contributed by atoms with Gasteiger partial charge in [-0.1, -0.05) is 24.4 Å². The fourth-order valence-electron chi connectivity index (χ4n) is 1.65. The molecule has 1 rings (SSSR count). The third-order valence-corrected chi connectivity index (χ3v) is 2.87. The summed E-state index contributed by atoms with van der Waals surface area (Å²) in [6.45, 7) is 2.88. The molecule has 0 aromatic carbocycles. The molecule has 1 saturated heterocycles. The third kappa shape index (κ3) is 5.35. The van der Waals surface area contributed by atoms with E-state index in [1.54, 1.807) is 0 Å². The second-order valence-corrected chi connectivity index (χ2v) is 5.71. The van der Waals surface area contributed by atoms with Crippen molar-refractivity contribution in [2.45, 2.75) is 19.0 Å². The average molecular weight is 281 g/mol. The monoisotopic (exact) mass is 281 g/mol. The molecule has 1 heterocycles. The Balaban J connectivity index is 2.43. The Kier molecular flexibility index (Phi) is 6.21. The van der Waals surface area contributed by atoms with Crippen molar-refractivity contribution < 1.29 is 0 Å². The summed E-state index contributed by atoms with van der Waals surface area (Å²) in [5, 5.41) is 6.17. The highest BCUT2D eigenvalue weighted by atomic mass is 32.1. The number of thiol groups is 2. The van der Waals surface area contributed by atoms with Crippen LogP contribution in [0.25, 0.3) is 0 Å². The van der Waals surface area contributed by atoms with Gasteiger partial charge in [-0.15, -0.1) is 25.3 Å². The topological polar surface area (TPSA) is 27.3 Å². The second kappa shape index (κ2) is 6.90. The van der Waals surface area contributed by atoms with E-state index in [1.807, 2.05) is 0 Å². The van der Waals surface area contributed by atoms with Crippen molar-refractivity contribution in [2.75, 3.05) is 19.6 Å². The Bertz CT molecular complexity index is 240. The first-order valence-corrected chi connectivity index (χ1v) is 6.51. The summed E-state index contributed by atoms with van der Waals surface area (Å²) in [6, 6.07) is 0. The van der Waals surface area contributed by atoms with Crippen molar-refractivity contribution in [3.8, 4) is 0 Å². The van der Waals surface area contributed by atoms with E-state index in [1.165, 1.54) is 12.8 Å². The molecule has 1 aliphatic heterocycles. The summed E-state index contributed by atoms with van der Waals surface area (Å²) >= 11 is 17.9. The molecule has 1 atom stereocenters. The number of rotatable bonds is 4. The first kappa shape index (κ1) is 13.5. The van der Waals surface area contributed by atoms with E-state index in [2.05, 4.69) is 40.8 Å². The van der Waals surface area contributed by atoms with Crippen LogP contribution in [0.4, 0.5) is 0 Å². The zero-order valence-electron chi connectivity index (χ0n) is 8.27. The Morgan fingerprint density at radius 2 is 1.80 bits per heavy atom. The number of hydrogen-bond donors (Lipinski definition) is 4. The molecule has 1 unspecified atom stereocenters. The smallest absolute Gasteiger partial charge is 0.131 e. The van der Waals surface area contributed by atoms with Crippen LogP contribution < -0.4 is 10.6 Å². The van der Waals surface area contributed by atoms with Crippen molar-refractivity contribution in [3.63, 3.8) is 0 Å². The van der Waals surface area contributed by atoms with Crippen molar-refractivity contribution in [2.24, 2.45) is 0 Å². The predicted molar refractivity (Wildman–Crippen MR) is 78.9 cm³/mol. The Hall–Kier alpha value is 0.440. The van der Waals surface area contributed by atoms with Gasteiger partial charge in [0, 0.05) is 19.6 Å². The summed E-state index contributed by atoms with van der Waals surface area (Å²) in [6.07, 6.45) is 2.63. The lowest BCUT2D eigenvalue weighted by atomic mass is 10.4. The van der Waals surface area contributed by atoms with Gasteiger partial charge in [0.05, 0.1) is 6.17 Å². The van der Waals surface area contributed by atoms with E-state index >= 15 is 0 Å². The highest BCUT2D eigenvalue weighted by molar-refractivity contribution is 8.11. The molecule has 15 heavy (non-hydrogen) atoms. The zero-order chi connectivity index (χ0) is 11.3. The van der Waals surface area contributed by atoms with Gasteiger partial charge in [-0.2, -0.15) is 0 Å². The molecule has 0 aliphatic carbocycles. The number of likely N-dealkylation sites (tertiary alicyclic amines) is 1. The van der Waals surface area contributed by atoms with Crippen LogP contribution in [0.15, 0.2) is 0 Å². The van der Waals surface area contributed by atoms with Crippen LogP contribution in [0.2, 0.25) is 0 Å². The molecule has 2 N–H and O–H groups in total. The van der Waals surface area contributed by atoms with Crippen LogP contribution in [0.1, 0.15) is 12.8 Å². The fraction of sp³-hybridized carbons (Fsp3) is 0.750. The van der Waals surface area contributed by atoms with E-state index in [4.69, 9.17) is 24.4 Å².